The fourth-order valence-electron chi connectivity index (χ4n) is 2.71. The van der Waals surface area contributed by atoms with Crippen LogP contribution in [0.15, 0.2) is 29.2 Å². The van der Waals surface area contributed by atoms with Gasteiger partial charge < -0.3 is 10.2 Å². The van der Waals surface area contributed by atoms with Gasteiger partial charge in [-0.3, -0.25) is 9.59 Å². The van der Waals surface area contributed by atoms with Crippen molar-refractivity contribution in [3.8, 4) is 0 Å². The number of likely N-dealkylation sites (tertiary alicyclic amines) is 1. The normalized spacial score (nSPS) is 16.2. The Morgan fingerprint density at radius 2 is 1.67 bits per heavy atom. The molecule has 1 heterocycles. The van der Waals surface area contributed by atoms with Gasteiger partial charge in [0.25, 0.3) is 5.91 Å². The van der Waals surface area contributed by atoms with Crippen LogP contribution >= 0.6 is 0 Å². The first-order valence-electron chi connectivity index (χ1n) is 7.81. The van der Waals surface area contributed by atoms with Crippen molar-refractivity contribution in [2.75, 3.05) is 34.2 Å². The van der Waals surface area contributed by atoms with E-state index in [9.17, 15) is 18.0 Å². The molecule has 7 nitrogen and oxygen atoms in total. The molecule has 1 saturated heterocycles. The third kappa shape index (κ3) is 3.76. The summed E-state index contributed by atoms with van der Waals surface area (Å²) in [6.07, 6.45) is 1.27. The Labute approximate surface area is 142 Å². The Balaban J connectivity index is 2.05. The lowest BCUT2D eigenvalue weighted by Crippen LogP contribution is -2.42. The van der Waals surface area contributed by atoms with Crippen LogP contribution in [0.5, 0.6) is 0 Å². The number of nitrogens with one attached hydrogen (secondary N) is 1. The summed E-state index contributed by atoms with van der Waals surface area (Å²) in [4.78, 5) is 26.0. The van der Waals surface area contributed by atoms with Crippen molar-refractivity contribution >= 4 is 21.8 Å². The number of carbonyl (C=O) groups is 2. The minimum absolute atomic E-state index is 0.0142. The van der Waals surface area contributed by atoms with Crippen molar-refractivity contribution in [3.63, 3.8) is 0 Å². The quantitative estimate of drug-likeness (QED) is 0.856. The van der Waals surface area contributed by atoms with Crippen LogP contribution in [0.2, 0.25) is 0 Å². The van der Waals surface area contributed by atoms with E-state index in [4.69, 9.17) is 0 Å². The van der Waals surface area contributed by atoms with Crippen molar-refractivity contribution < 1.29 is 18.0 Å². The van der Waals surface area contributed by atoms with Gasteiger partial charge in [-0.25, -0.2) is 12.7 Å². The monoisotopic (exact) mass is 353 g/mol. The minimum atomic E-state index is -3.50. The standard InChI is InChI=1S/C16H23N3O4S/c1-17-15(20)12-8-10-19(11-9-12)16(21)13-4-6-14(7-5-13)24(22,23)18(2)3/h4-7,12H,8-11H2,1-3H3,(H,17,20). The first-order valence-corrected chi connectivity index (χ1v) is 9.25. The molecular weight excluding hydrogens is 330 g/mol. The van der Waals surface area contributed by atoms with E-state index in [1.807, 2.05) is 0 Å². The third-order valence-corrected chi connectivity index (χ3v) is 6.11. The maximum atomic E-state index is 12.5. The van der Waals surface area contributed by atoms with E-state index < -0.39 is 10.0 Å². The van der Waals surface area contributed by atoms with Crippen LogP contribution in [-0.4, -0.2) is 63.7 Å². The summed E-state index contributed by atoms with van der Waals surface area (Å²) in [6.45, 7) is 1.04. The molecule has 0 aliphatic carbocycles. The molecule has 8 heteroatoms. The molecule has 1 aromatic carbocycles. The van der Waals surface area contributed by atoms with Crippen LogP contribution < -0.4 is 5.32 Å². The van der Waals surface area contributed by atoms with Crippen LogP contribution in [0.25, 0.3) is 0 Å². The molecule has 0 aromatic heterocycles. The molecule has 0 atom stereocenters. The highest BCUT2D eigenvalue weighted by Crippen LogP contribution is 2.20. The predicted molar refractivity (Wildman–Crippen MR) is 90.0 cm³/mol. The zero-order chi connectivity index (χ0) is 17.9. The molecule has 0 radical (unpaired) electrons. The lowest BCUT2D eigenvalue weighted by atomic mass is 9.95. The molecule has 2 amide bonds. The molecular formula is C16H23N3O4S. The van der Waals surface area contributed by atoms with Crippen molar-refractivity contribution in [2.45, 2.75) is 17.7 Å². The largest absolute Gasteiger partial charge is 0.359 e. The van der Waals surface area contributed by atoms with Gasteiger partial charge in [-0.1, -0.05) is 0 Å². The van der Waals surface area contributed by atoms with Crippen LogP contribution in [-0.2, 0) is 14.8 Å². The lowest BCUT2D eigenvalue weighted by molar-refractivity contribution is -0.125. The average Bonchev–Trinajstić information content (AvgIpc) is 2.60. The molecule has 0 saturated carbocycles. The molecule has 132 valence electrons. The third-order valence-electron chi connectivity index (χ3n) is 4.28. The topological polar surface area (TPSA) is 86.8 Å². The molecule has 24 heavy (non-hydrogen) atoms. The second-order valence-electron chi connectivity index (χ2n) is 5.99. The summed E-state index contributed by atoms with van der Waals surface area (Å²) in [5, 5.41) is 2.64. The number of amides is 2. The molecule has 1 aliphatic heterocycles. The zero-order valence-corrected chi connectivity index (χ0v) is 15.0. The molecule has 0 unspecified atom stereocenters. The number of benzene rings is 1. The van der Waals surface area contributed by atoms with Gasteiger partial charge in [-0.05, 0) is 37.1 Å². The Kier molecular flexibility index (Phi) is 5.61. The van der Waals surface area contributed by atoms with Crippen LogP contribution in [0, 0.1) is 5.92 Å². The van der Waals surface area contributed by atoms with Crippen LogP contribution in [0.3, 0.4) is 0 Å². The second-order valence-corrected chi connectivity index (χ2v) is 8.14. The summed E-state index contributed by atoms with van der Waals surface area (Å²) in [7, 11) is 1.04. The van der Waals surface area contributed by atoms with Gasteiger partial charge in [-0.2, -0.15) is 0 Å². The van der Waals surface area contributed by atoms with Gasteiger partial charge in [0.1, 0.15) is 0 Å². The van der Waals surface area contributed by atoms with Gasteiger partial charge in [0.15, 0.2) is 0 Å². The Morgan fingerprint density at radius 1 is 1.12 bits per heavy atom. The summed E-state index contributed by atoms with van der Waals surface area (Å²) < 4.78 is 25.2. The van der Waals surface area contributed by atoms with E-state index in [1.54, 1.807) is 11.9 Å². The Bertz CT molecular complexity index is 705. The number of hydrogen-bond acceptors (Lipinski definition) is 4. The smallest absolute Gasteiger partial charge is 0.253 e. The number of hydrogen-bond donors (Lipinski definition) is 1. The van der Waals surface area contributed by atoms with E-state index in [-0.39, 0.29) is 22.6 Å². The van der Waals surface area contributed by atoms with Gasteiger partial charge in [-0.15, -0.1) is 0 Å². The van der Waals surface area contributed by atoms with E-state index in [0.717, 1.165) is 4.31 Å². The van der Waals surface area contributed by atoms with Gasteiger partial charge in [0.2, 0.25) is 15.9 Å². The molecule has 1 aliphatic rings. The Hall–Kier alpha value is -1.93. The van der Waals surface area contributed by atoms with Crippen molar-refractivity contribution in [1.82, 2.24) is 14.5 Å². The van der Waals surface area contributed by atoms with Gasteiger partial charge >= 0.3 is 0 Å². The minimum Gasteiger partial charge on any atom is -0.359 e. The highest BCUT2D eigenvalue weighted by molar-refractivity contribution is 7.89. The number of sulfonamides is 1. The van der Waals surface area contributed by atoms with Gasteiger partial charge in [0, 0.05) is 45.7 Å². The average molecular weight is 353 g/mol. The zero-order valence-electron chi connectivity index (χ0n) is 14.2. The number of carbonyl (C=O) groups excluding carboxylic acids is 2. The summed E-state index contributed by atoms with van der Waals surface area (Å²) in [5.41, 5.74) is 0.450. The molecule has 1 aromatic rings. The molecule has 2 rings (SSSR count). The van der Waals surface area contributed by atoms with Crippen molar-refractivity contribution in [3.05, 3.63) is 29.8 Å². The molecule has 1 fully saturated rings. The summed E-state index contributed by atoms with van der Waals surface area (Å²) in [6, 6.07) is 5.95. The predicted octanol–water partition coefficient (Wildman–Crippen LogP) is 0.535. The SMILES string of the molecule is CNC(=O)C1CCN(C(=O)c2ccc(S(=O)(=O)N(C)C)cc2)CC1. The van der Waals surface area contributed by atoms with E-state index in [2.05, 4.69) is 5.32 Å². The van der Waals surface area contributed by atoms with E-state index >= 15 is 0 Å². The summed E-state index contributed by atoms with van der Waals surface area (Å²) in [5.74, 6) is -0.175. The first-order chi connectivity index (χ1) is 11.3. The van der Waals surface area contributed by atoms with Crippen molar-refractivity contribution in [2.24, 2.45) is 5.92 Å². The lowest BCUT2D eigenvalue weighted by Gasteiger charge is -2.31. The molecule has 0 bridgehead atoms. The highest BCUT2D eigenvalue weighted by Gasteiger charge is 2.27. The number of rotatable bonds is 4. The maximum absolute atomic E-state index is 12.5. The summed E-state index contributed by atoms with van der Waals surface area (Å²) >= 11 is 0. The number of piperidine rings is 1. The van der Waals surface area contributed by atoms with Crippen LogP contribution in [0.1, 0.15) is 23.2 Å². The van der Waals surface area contributed by atoms with Crippen LogP contribution in [0.4, 0.5) is 0 Å². The fourth-order valence-corrected chi connectivity index (χ4v) is 3.61. The molecule has 0 spiro atoms. The molecule has 1 N–H and O–H groups in total. The Morgan fingerprint density at radius 3 is 2.12 bits per heavy atom. The fraction of sp³-hybridized carbons (Fsp3) is 0.500. The van der Waals surface area contributed by atoms with E-state index in [1.165, 1.54) is 38.4 Å². The van der Waals surface area contributed by atoms with E-state index in [0.29, 0.717) is 31.5 Å². The van der Waals surface area contributed by atoms with Gasteiger partial charge in [0.05, 0.1) is 4.90 Å². The second kappa shape index (κ2) is 7.31. The van der Waals surface area contributed by atoms with Crippen molar-refractivity contribution in [1.29, 1.82) is 0 Å². The highest BCUT2D eigenvalue weighted by atomic mass is 32.2. The number of nitrogens with zero attached hydrogens (tertiary/aromatic N) is 2. The maximum Gasteiger partial charge on any atom is 0.253 e. The first kappa shape index (κ1) is 18.4.